The van der Waals surface area contributed by atoms with Crippen molar-refractivity contribution in [2.75, 3.05) is 34.5 Å². The minimum Gasteiger partial charge on any atom is -0.275 e. The first kappa shape index (κ1) is 30.2. The van der Waals surface area contributed by atoms with Gasteiger partial charge in [0.25, 0.3) is 5.91 Å². The van der Waals surface area contributed by atoms with Gasteiger partial charge in [0.15, 0.2) is 0 Å². The molecule has 204 valence electrons. The number of imide groups is 1. The molecule has 2 amide bonds. The predicted octanol–water partition coefficient (Wildman–Crippen LogP) is 5.51. The van der Waals surface area contributed by atoms with Gasteiger partial charge in [-0.25, -0.2) is 0 Å². The molecule has 0 bridgehead atoms. The molecule has 0 aromatic heterocycles. The molecule has 0 spiro atoms. The van der Waals surface area contributed by atoms with Crippen molar-refractivity contribution in [3.63, 3.8) is 0 Å². The number of carbonyl (C=O) groups is 2. The summed E-state index contributed by atoms with van der Waals surface area (Å²) in [5.41, 5.74) is -0.191. The van der Waals surface area contributed by atoms with Gasteiger partial charge in [0.2, 0.25) is 5.91 Å². The Morgan fingerprint density at radius 3 is 2.28 bits per heavy atom. The lowest BCUT2D eigenvalue weighted by Crippen LogP contribution is -2.53. The van der Waals surface area contributed by atoms with E-state index in [1.54, 1.807) is 17.8 Å². The summed E-state index contributed by atoms with van der Waals surface area (Å²) in [7, 11) is -2.03. The number of fused-ring (bicyclic) bond motifs is 1. The van der Waals surface area contributed by atoms with Gasteiger partial charge in [-0.3, -0.25) is 22.9 Å². The highest BCUT2D eigenvalue weighted by Gasteiger charge is 2.44. The second kappa shape index (κ2) is 13.1. The van der Waals surface area contributed by atoms with Crippen LogP contribution in [0, 0.1) is 16.7 Å². The topological polar surface area (TPSA) is 71.5 Å². The third kappa shape index (κ3) is 8.31. The van der Waals surface area contributed by atoms with Gasteiger partial charge in [-0.2, -0.15) is 0 Å². The standard InChI is InChI=1S/C27H43NO4S4/c1-20(28-24(29)19-23-22(25(28)30)9-14-34-23)27(4,5)12-16-36(32)18-17-35(31)15-11-26(2,3)10-8-21-7-6-13-33-21/h7,19-20,22H,6,8-18H2,1-5H3. The number of carbonyl (C=O) groups excluding carboxylic acids is 2. The highest BCUT2D eigenvalue weighted by atomic mass is 32.2. The average Bonchev–Trinajstić information content (AvgIpc) is 3.51. The van der Waals surface area contributed by atoms with Gasteiger partial charge in [-0.05, 0) is 66.9 Å². The summed E-state index contributed by atoms with van der Waals surface area (Å²) >= 11 is 3.58. The molecule has 3 rings (SSSR count). The Morgan fingerprint density at radius 1 is 0.972 bits per heavy atom. The third-order valence-corrected chi connectivity index (χ3v) is 13.2. The summed E-state index contributed by atoms with van der Waals surface area (Å²) in [5, 5.41) is 0. The Bertz CT molecular complexity index is 940. The number of hydrogen-bond acceptors (Lipinski definition) is 6. The van der Waals surface area contributed by atoms with Crippen molar-refractivity contribution in [1.82, 2.24) is 4.90 Å². The molecule has 0 radical (unpaired) electrons. The van der Waals surface area contributed by atoms with Crippen molar-refractivity contribution in [1.29, 1.82) is 0 Å². The molecule has 0 N–H and O–H groups in total. The van der Waals surface area contributed by atoms with E-state index < -0.39 is 21.6 Å². The lowest BCUT2D eigenvalue weighted by atomic mass is 9.80. The number of amides is 2. The summed E-state index contributed by atoms with van der Waals surface area (Å²) in [5.74, 6) is 3.68. The first-order valence-electron chi connectivity index (χ1n) is 13.1. The maximum absolute atomic E-state index is 13.0. The Balaban J connectivity index is 1.39. The molecule has 4 atom stereocenters. The van der Waals surface area contributed by atoms with Crippen molar-refractivity contribution in [2.24, 2.45) is 16.7 Å². The number of allylic oxidation sites excluding steroid dienone is 2. The van der Waals surface area contributed by atoms with E-state index in [-0.39, 0.29) is 34.6 Å². The number of hydrogen-bond donors (Lipinski definition) is 0. The zero-order valence-electron chi connectivity index (χ0n) is 22.5. The van der Waals surface area contributed by atoms with Crippen LogP contribution in [0.5, 0.6) is 0 Å². The predicted molar refractivity (Wildman–Crippen MR) is 157 cm³/mol. The lowest BCUT2D eigenvalue weighted by Gasteiger charge is -2.41. The normalized spacial score (nSPS) is 23.4. The molecule has 3 aliphatic heterocycles. The van der Waals surface area contributed by atoms with Crippen LogP contribution in [0.2, 0.25) is 0 Å². The molecule has 3 aliphatic rings. The Morgan fingerprint density at radius 2 is 1.64 bits per heavy atom. The van der Waals surface area contributed by atoms with Crippen LogP contribution in [0.4, 0.5) is 0 Å². The lowest BCUT2D eigenvalue weighted by molar-refractivity contribution is -0.150. The van der Waals surface area contributed by atoms with Crippen LogP contribution in [0.15, 0.2) is 22.0 Å². The first-order chi connectivity index (χ1) is 16.9. The summed E-state index contributed by atoms with van der Waals surface area (Å²) in [6.45, 7) is 10.5. The van der Waals surface area contributed by atoms with E-state index in [0.717, 1.165) is 36.3 Å². The molecule has 4 unspecified atom stereocenters. The fourth-order valence-electron chi connectivity index (χ4n) is 4.72. The van der Waals surface area contributed by atoms with E-state index >= 15 is 0 Å². The van der Waals surface area contributed by atoms with Gasteiger partial charge >= 0.3 is 0 Å². The van der Waals surface area contributed by atoms with Crippen LogP contribution in [0.25, 0.3) is 0 Å². The second-order valence-electron chi connectivity index (χ2n) is 11.6. The fraction of sp³-hybridized carbons (Fsp3) is 0.778. The van der Waals surface area contributed by atoms with Crippen molar-refractivity contribution in [3.05, 3.63) is 22.0 Å². The Labute approximate surface area is 231 Å². The highest BCUT2D eigenvalue weighted by Crippen LogP contribution is 2.42. The van der Waals surface area contributed by atoms with Crippen LogP contribution >= 0.6 is 23.5 Å². The molecule has 3 heterocycles. The second-order valence-corrected chi connectivity index (χ2v) is 17.4. The molecule has 36 heavy (non-hydrogen) atoms. The van der Waals surface area contributed by atoms with Gasteiger partial charge in [0.1, 0.15) is 0 Å². The van der Waals surface area contributed by atoms with Gasteiger partial charge in [-0.1, -0.05) is 33.8 Å². The van der Waals surface area contributed by atoms with Gasteiger partial charge < -0.3 is 0 Å². The summed E-state index contributed by atoms with van der Waals surface area (Å²) in [4.78, 5) is 29.6. The third-order valence-electron chi connectivity index (χ3n) is 7.92. The van der Waals surface area contributed by atoms with Gasteiger partial charge in [0.05, 0.1) is 5.92 Å². The molecule has 0 aromatic carbocycles. The Kier molecular flexibility index (Phi) is 11.0. The van der Waals surface area contributed by atoms with Crippen molar-refractivity contribution in [2.45, 2.75) is 79.2 Å². The van der Waals surface area contributed by atoms with Gasteiger partial charge in [0, 0.05) is 67.4 Å². The van der Waals surface area contributed by atoms with E-state index in [1.165, 1.54) is 22.0 Å². The molecule has 0 aromatic rings. The smallest absolute Gasteiger partial charge is 0.254 e. The molecular formula is C27H43NO4S4. The zero-order chi connectivity index (χ0) is 26.5. The fourth-order valence-corrected chi connectivity index (χ4v) is 10.3. The summed E-state index contributed by atoms with van der Waals surface area (Å²) in [6.07, 6.45) is 9.75. The maximum atomic E-state index is 13.0. The van der Waals surface area contributed by atoms with E-state index in [1.807, 2.05) is 32.5 Å². The van der Waals surface area contributed by atoms with E-state index in [4.69, 9.17) is 0 Å². The number of nitrogens with zero attached hydrogens (tertiary/aromatic N) is 1. The molecular weight excluding hydrogens is 531 g/mol. The molecule has 1 fully saturated rings. The quantitative estimate of drug-likeness (QED) is 0.255. The largest absolute Gasteiger partial charge is 0.275 e. The summed E-state index contributed by atoms with van der Waals surface area (Å²) < 4.78 is 25.3. The minimum atomic E-state index is -1.07. The van der Waals surface area contributed by atoms with Gasteiger partial charge in [-0.15, -0.1) is 23.5 Å². The number of thioether (sulfide) groups is 2. The van der Waals surface area contributed by atoms with Crippen molar-refractivity contribution >= 4 is 56.9 Å². The van der Waals surface area contributed by atoms with E-state index in [0.29, 0.717) is 29.4 Å². The molecule has 0 saturated carbocycles. The van der Waals surface area contributed by atoms with Crippen LogP contribution in [0.3, 0.4) is 0 Å². The summed E-state index contributed by atoms with van der Waals surface area (Å²) in [6, 6.07) is -0.271. The number of rotatable bonds is 14. The molecule has 0 aliphatic carbocycles. The first-order valence-corrected chi connectivity index (χ1v) is 18.1. The van der Waals surface area contributed by atoms with Crippen molar-refractivity contribution < 1.29 is 18.0 Å². The SMILES string of the molecule is CC(N1C(=O)C=C2SCCC2C1=O)C(C)(C)CCS(=O)CCS(=O)CCC(C)(C)CCC1=CCCS1. The van der Waals surface area contributed by atoms with Crippen LogP contribution in [-0.2, 0) is 31.2 Å². The monoisotopic (exact) mass is 573 g/mol. The van der Waals surface area contributed by atoms with E-state index in [9.17, 15) is 18.0 Å². The van der Waals surface area contributed by atoms with Crippen LogP contribution in [-0.4, -0.2) is 65.7 Å². The molecule has 1 saturated heterocycles. The van der Waals surface area contributed by atoms with Crippen LogP contribution in [0.1, 0.15) is 73.1 Å². The van der Waals surface area contributed by atoms with Crippen molar-refractivity contribution in [3.8, 4) is 0 Å². The average molecular weight is 574 g/mol. The maximum Gasteiger partial charge on any atom is 0.254 e. The molecule has 5 nitrogen and oxygen atoms in total. The molecule has 9 heteroatoms. The highest BCUT2D eigenvalue weighted by molar-refractivity contribution is 8.03. The minimum absolute atomic E-state index is 0.0822. The zero-order valence-corrected chi connectivity index (χ0v) is 25.8. The van der Waals surface area contributed by atoms with E-state index in [2.05, 4.69) is 19.9 Å². The van der Waals surface area contributed by atoms with Crippen LogP contribution < -0.4 is 0 Å². The Hall–Kier alpha value is -0.380.